The van der Waals surface area contributed by atoms with Crippen molar-refractivity contribution in [2.75, 3.05) is 22.6 Å². The van der Waals surface area contributed by atoms with Gasteiger partial charge in [-0.15, -0.1) is 11.8 Å². The van der Waals surface area contributed by atoms with Crippen LogP contribution in [0.2, 0.25) is 0 Å². The molecule has 0 aliphatic heterocycles. The standard InChI is InChI=1S/C31H29N3O5S/c1-40-25-17-13-22(14-18-25)33-31(37)39-30(21-11-15-23(35)16-12-21)28(38-24-7-3-2-4-8-24)19-20-29(36)34-27-10-6-5-9-26(27)32/h2-20,28,30,35H,32H2,1H3,(H,33,37)(H,34,36)/b20-19+/t28-,30-/m1/s1. The molecule has 0 spiro atoms. The highest BCUT2D eigenvalue weighted by molar-refractivity contribution is 7.98. The maximum Gasteiger partial charge on any atom is 0.412 e. The number of ether oxygens (including phenoxy) is 2. The number of phenolic OH excluding ortho intramolecular Hbond substituents is 1. The van der Waals surface area contributed by atoms with Crippen molar-refractivity contribution in [3.63, 3.8) is 0 Å². The van der Waals surface area contributed by atoms with Crippen molar-refractivity contribution in [3.05, 3.63) is 121 Å². The molecule has 0 heterocycles. The van der Waals surface area contributed by atoms with Gasteiger partial charge in [0.15, 0.2) is 12.2 Å². The zero-order chi connectivity index (χ0) is 28.3. The van der Waals surface area contributed by atoms with E-state index in [-0.39, 0.29) is 5.75 Å². The van der Waals surface area contributed by atoms with Gasteiger partial charge in [-0.3, -0.25) is 10.1 Å². The first-order valence-corrected chi connectivity index (χ1v) is 13.6. The molecule has 40 heavy (non-hydrogen) atoms. The van der Waals surface area contributed by atoms with Gasteiger partial charge < -0.3 is 25.6 Å². The van der Waals surface area contributed by atoms with Crippen LogP contribution in [0, 0.1) is 0 Å². The summed E-state index contributed by atoms with van der Waals surface area (Å²) in [6.45, 7) is 0. The Morgan fingerprint density at radius 3 is 2.23 bits per heavy atom. The number of hydrogen-bond donors (Lipinski definition) is 4. The highest BCUT2D eigenvalue weighted by Gasteiger charge is 2.28. The molecule has 2 amide bonds. The first-order valence-electron chi connectivity index (χ1n) is 12.4. The van der Waals surface area contributed by atoms with E-state index in [1.54, 1.807) is 72.4 Å². The van der Waals surface area contributed by atoms with Gasteiger partial charge in [0.05, 0.1) is 11.4 Å². The van der Waals surface area contributed by atoms with E-state index in [4.69, 9.17) is 15.2 Å². The lowest BCUT2D eigenvalue weighted by Crippen LogP contribution is -2.30. The van der Waals surface area contributed by atoms with E-state index in [1.807, 2.05) is 36.6 Å². The van der Waals surface area contributed by atoms with Gasteiger partial charge in [0.25, 0.3) is 0 Å². The number of nitrogens with one attached hydrogen (secondary N) is 2. The Kier molecular flexibility index (Phi) is 9.68. The van der Waals surface area contributed by atoms with Crippen molar-refractivity contribution in [1.82, 2.24) is 0 Å². The zero-order valence-electron chi connectivity index (χ0n) is 21.7. The van der Waals surface area contributed by atoms with E-state index >= 15 is 0 Å². The van der Waals surface area contributed by atoms with Crippen LogP contribution < -0.4 is 21.1 Å². The van der Waals surface area contributed by atoms with Gasteiger partial charge in [-0.2, -0.15) is 0 Å². The van der Waals surface area contributed by atoms with Crippen molar-refractivity contribution in [3.8, 4) is 11.5 Å². The van der Waals surface area contributed by atoms with Gasteiger partial charge in [0.1, 0.15) is 11.5 Å². The topological polar surface area (TPSA) is 123 Å². The second kappa shape index (κ2) is 13.8. The van der Waals surface area contributed by atoms with E-state index in [9.17, 15) is 14.7 Å². The number of nitrogen functional groups attached to an aromatic ring is 1. The van der Waals surface area contributed by atoms with Crippen molar-refractivity contribution in [2.24, 2.45) is 0 Å². The molecule has 0 unspecified atom stereocenters. The van der Waals surface area contributed by atoms with Gasteiger partial charge in [-0.1, -0.05) is 42.5 Å². The molecule has 9 heteroatoms. The Balaban J connectivity index is 1.61. The molecule has 2 atom stereocenters. The predicted octanol–water partition coefficient (Wildman–Crippen LogP) is 6.63. The number of anilines is 3. The van der Waals surface area contributed by atoms with Crippen molar-refractivity contribution in [1.29, 1.82) is 0 Å². The van der Waals surface area contributed by atoms with Crippen molar-refractivity contribution in [2.45, 2.75) is 17.1 Å². The summed E-state index contributed by atoms with van der Waals surface area (Å²) in [7, 11) is 0. The van der Waals surface area contributed by atoms with Gasteiger partial charge in [-0.05, 0) is 78.6 Å². The third kappa shape index (κ3) is 8.05. The lowest BCUT2D eigenvalue weighted by Gasteiger charge is -2.26. The minimum Gasteiger partial charge on any atom is -0.508 e. The molecule has 0 saturated heterocycles. The molecule has 4 aromatic carbocycles. The molecule has 8 nitrogen and oxygen atoms in total. The third-order valence-corrected chi connectivity index (χ3v) is 6.51. The molecule has 0 radical (unpaired) electrons. The van der Waals surface area contributed by atoms with Crippen LogP contribution in [-0.2, 0) is 9.53 Å². The van der Waals surface area contributed by atoms with Gasteiger partial charge in [0.2, 0.25) is 5.91 Å². The summed E-state index contributed by atoms with van der Waals surface area (Å²) in [5, 5.41) is 15.3. The molecule has 4 rings (SSSR count). The first-order chi connectivity index (χ1) is 19.4. The van der Waals surface area contributed by atoms with Crippen LogP contribution in [0.5, 0.6) is 11.5 Å². The smallest absolute Gasteiger partial charge is 0.412 e. The first kappa shape index (κ1) is 28.1. The minimum atomic E-state index is -0.989. The highest BCUT2D eigenvalue weighted by Crippen LogP contribution is 2.29. The second-order valence-corrected chi connectivity index (χ2v) is 9.48. The molecular weight excluding hydrogens is 526 g/mol. The maximum atomic E-state index is 13.0. The van der Waals surface area contributed by atoms with Crippen LogP contribution in [-0.4, -0.2) is 29.5 Å². The summed E-state index contributed by atoms with van der Waals surface area (Å²) in [5.74, 6) is 0.115. The lowest BCUT2D eigenvalue weighted by atomic mass is 10.0. The lowest BCUT2D eigenvalue weighted by molar-refractivity contribution is -0.112. The van der Waals surface area contributed by atoms with Crippen molar-refractivity contribution >= 4 is 40.8 Å². The Morgan fingerprint density at radius 2 is 1.55 bits per heavy atom. The van der Waals surface area contributed by atoms with Gasteiger partial charge in [0, 0.05) is 16.7 Å². The average Bonchev–Trinajstić information content (AvgIpc) is 2.97. The number of hydrogen-bond acceptors (Lipinski definition) is 7. The van der Waals surface area contributed by atoms with E-state index in [2.05, 4.69) is 10.6 Å². The van der Waals surface area contributed by atoms with E-state index < -0.39 is 24.2 Å². The summed E-state index contributed by atoms with van der Waals surface area (Å²) in [6.07, 6.45) is 2.16. The molecule has 4 aromatic rings. The highest BCUT2D eigenvalue weighted by atomic mass is 32.2. The third-order valence-electron chi connectivity index (χ3n) is 5.76. The number of para-hydroxylation sites is 3. The monoisotopic (exact) mass is 555 g/mol. The number of amides is 2. The summed E-state index contributed by atoms with van der Waals surface area (Å²) >= 11 is 1.59. The fourth-order valence-electron chi connectivity index (χ4n) is 3.75. The van der Waals surface area contributed by atoms with Crippen LogP contribution in [0.4, 0.5) is 21.9 Å². The Morgan fingerprint density at radius 1 is 0.875 bits per heavy atom. The Bertz CT molecular complexity index is 1440. The van der Waals surface area contributed by atoms with Crippen molar-refractivity contribution < 1.29 is 24.2 Å². The predicted molar refractivity (Wildman–Crippen MR) is 159 cm³/mol. The normalized spacial score (nSPS) is 12.3. The number of thioether (sulfide) groups is 1. The average molecular weight is 556 g/mol. The SMILES string of the molecule is CSc1ccc(NC(=O)O[C@H](c2ccc(O)cc2)[C@@H](/C=C/C(=O)Nc2ccccc2N)Oc2ccccc2)cc1. The van der Waals surface area contributed by atoms with E-state index in [0.29, 0.717) is 28.4 Å². The molecule has 0 bridgehead atoms. The number of aromatic hydroxyl groups is 1. The molecule has 0 aliphatic rings. The fraction of sp³-hybridized carbons (Fsp3) is 0.0968. The van der Waals surface area contributed by atoms with Gasteiger partial charge in [-0.25, -0.2) is 4.79 Å². The maximum absolute atomic E-state index is 13.0. The largest absolute Gasteiger partial charge is 0.508 e. The molecule has 0 aliphatic carbocycles. The van der Waals surface area contributed by atoms with Crippen LogP contribution >= 0.6 is 11.8 Å². The van der Waals surface area contributed by atoms with Crippen LogP contribution in [0.15, 0.2) is 120 Å². The molecule has 0 saturated carbocycles. The van der Waals surface area contributed by atoms with Crippen LogP contribution in [0.3, 0.4) is 0 Å². The molecule has 5 N–H and O–H groups in total. The summed E-state index contributed by atoms with van der Waals surface area (Å²) in [5.41, 5.74) is 7.95. The molecular formula is C31H29N3O5S. The Hall–Kier alpha value is -4.89. The van der Waals surface area contributed by atoms with Gasteiger partial charge >= 0.3 is 6.09 Å². The fourth-order valence-corrected chi connectivity index (χ4v) is 4.16. The number of rotatable bonds is 10. The quantitative estimate of drug-likeness (QED) is 0.0984. The zero-order valence-corrected chi connectivity index (χ0v) is 22.5. The number of nitrogens with two attached hydrogens (primary N) is 1. The summed E-state index contributed by atoms with van der Waals surface area (Å²) in [4.78, 5) is 26.9. The molecule has 0 fully saturated rings. The van der Waals surface area contributed by atoms with E-state index in [1.165, 1.54) is 24.3 Å². The minimum absolute atomic E-state index is 0.0525. The number of carbonyl (C=O) groups is 2. The molecule has 0 aromatic heterocycles. The summed E-state index contributed by atoms with van der Waals surface area (Å²) in [6, 6.07) is 29.4. The summed E-state index contributed by atoms with van der Waals surface area (Å²) < 4.78 is 12.1. The van der Waals surface area contributed by atoms with E-state index in [0.717, 1.165) is 4.90 Å². The van der Waals surface area contributed by atoms with Crippen LogP contribution in [0.1, 0.15) is 11.7 Å². The number of carbonyl (C=O) groups excluding carboxylic acids is 2. The number of benzene rings is 4. The number of phenols is 1. The molecule has 204 valence electrons. The second-order valence-electron chi connectivity index (χ2n) is 8.60. The Labute approximate surface area is 236 Å². The van der Waals surface area contributed by atoms with Crippen LogP contribution in [0.25, 0.3) is 0 Å².